The van der Waals surface area contributed by atoms with Crippen molar-refractivity contribution in [3.8, 4) is 12.3 Å². The molecule has 8 heteroatoms. The molecule has 1 atom stereocenters. The van der Waals surface area contributed by atoms with Crippen molar-refractivity contribution in [1.82, 2.24) is 4.72 Å². The number of terminal acetylenes is 1. The highest BCUT2D eigenvalue weighted by Crippen LogP contribution is 2.27. The van der Waals surface area contributed by atoms with Gasteiger partial charge in [0, 0.05) is 6.07 Å². The topological polar surface area (TPSA) is 89.3 Å². The second kappa shape index (κ2) is 6.70. The van der Waals surface area contributed by atoms with Crippen LogP contribution >= 0.6 is 11.6 Å². The Morgan fingerprint density at radius 3 is 2.70 bits per heavy atom. The predicted octanol–water partition coefficient (Wildman–Crippen LogP) is 2.33. The highest BCUT2D eigenvalue weighted by Gasteiger charge is 2.22. The Balaban J connectivity index is 3.13. The zero-order valence-corrected chi connectivity index (χ0v) is 12.2. The van der Waals surface area contributed by atoms with Crippen molar-refractivity contribution in [2.45, 2.75) is 30.7 Å². The summed E-state index contributed by atoms with van der Waals surface area (Å²) >= 11 is 5.63. The summed E-state index contributed by atoms with van der Waals surface area (Å²) in [4.78, 5) is 9.77. The molecule has 1 aromatic carbocycles. The van der Waals surface area contributed by atoms with Crippen LogP contribution in [0.2, 0.25) is 5.02 Å². The number of nitrogens with one attached hydrogen (secondary N) is 1. The van der Waals surface area contributed by atoms with Crippen LogP contribution in [0.5, 0.6) is 0 Å². The lowest BCUT2D eigenvalue weighted by atomic mass is 10.2. The highest BCUT2D eigenvalue weighted by molar-refractivity contribution is 7.89. The van der Waals surface area contributed by atoms with Crippen LogP contribution in [-0.2, 0) is 10.0 Å². The summed E-state index contributed by atoms with van der Waals surface area (Å²) in [7, 11) is -3.92. The lowest BCUT2D eigenvalue weighted by Crippen LogP contribution is -2.33. The number of benzene rings is 1. The molecule has 1 aromatic rings. The van der Waals surface area contributed by atoms with Gasteiger partial charge in [-0.05, 0) is 18.6 Å². The molecule has 0 amide bonds. The highest BCUT2D eigenvalue weighted by atomic mass is 35.5. The molecule has 1 rings (SSSR count). The van der Waals surface area contributed by atoms with Crippen LogP contribution in [0.4, 0.5) is 5.69 Å². The molecule has 0 aliphatic carbocycles. The zero-order chi connectivity index (χ0) is 15.3. The van der Waals surface area contributed by atoms with Crippen LogP contribution in [-0.4, -0.2) is 19.4 Å². The Morgan fingerprint density at radius 1 is 1.55 bits per heavy atom. The summed E-state index contributed by atoms with van der Waals surface area (Å²) in [5, 5.41) is 10.6. The van der Waals surface area contributed by atoms with E-state index in [-0.39, 0.29) is 9.92 Å². The van der Waals surface area contributed by atoms with Crippen molar-refractivity contribution < 1.29 is 13.3 Å². The van der Waals surface area contributed by atoms with E-state index in [1.807, 2.05) is 6.92 Å². The first-order valence-electron chi connectivity index (χ1n) is 5.74. The molecule has 20 heavy (non-hydrogen) atoms. The smallest absolute Gasteiger partial charge is 0.258 e. The van der Waals surface area contributed by atoms with E-state index in [0.717, 1.165) is 6.07 Å². The lowest BCUT2D eigenvalue weighted by molar-refractivity contribution is -0.384. The van der Waals surface area contributed by atoms with Crippen molar-refractivity contribution in [2.24, 2.45) is 0 Å². The number of nitro benzene ring substituents is 1. The van der Waals surface area contributed by atoms with Crippen molar-refractivity contribution in [1.29, 1.82) is 0 Å². The number of rotatable bonds is 6. The minimum Gasteiger partial charge on any atom is -0.258 e. The molecule has 1 N–H and O–H groups in total. The fourth-order valence-corrected chi connectivity index (χ4v) is 2.92. The van der Waals surface area contributed by atoms with Crippen LogP contribution in [0.1, 0.15) is 19.8 Å². The van der Waals surface area contributed by atoms with E-state index in [1.54, 1.807) is 0 Å². The Hall–Kier alpha value is -1.62. The molecule has 0 saturated carbocycles. The molecular formula is C12H13ClN2O4S. The van der Waals surface area contributed by atoms with Crippen LogP contribution < -0.4 is 4.72 Å². The van der Waals surface area contributed by atoms with Gasteiger partial charge in [0.15, 0.2) is 0 Å². The lowest BCUT2D eigenvalue weighted by Gasteiger charge is -2.12. The maximum Gasteiger partial charge on any atom is 0.289 e. The number of nitrogens with zero attached hydrogens (tertiary/aromatic N) is 1. The van der Waals surface area contributed by atoms with Crippen LogP contribution in [0, 0.1) is 22.5 Å². The summed E-state index contributed by atoms with van der Waals surface area (Å²) in [6, 6.07) is 2.61. The normalized spacial score (nSPS) is 12.7. The van der Waals surface area contributed by atoms with E-state index in [9.17, 15) is 18.5 Å². The van der Waals surface area contributed by atoms with E-state index >= 15 is 0 Å². The van der Waals surface area contributed by atoms with E-state index in [4.69, 9.17) is 18.0 Å². The van der Waals surface area contributed by atoms with Crippen molar-refractivity contribution in [3.05, 3.63) is 33.3 Å². The average molecular weight is 317 g/mol. The molecule has 6 nitrogen and oxygen atoms in total. The minimum atomic E-state index is -3.92. The largest absolute Gasteiger partial charge is 0.289 e. The average Bonchev–Trinajstić information content (AvgIpc) is 2.37. The molecule has 0 spiro atoms. The summed E-state index contributed by atoms with van der Waals surface area (Å²) in [5.74, 6) is 2.33. The Kier molecular flexibility index (Phi) is 5.51. The number of hydrogen-bond acceptors (Lipinski definition) is 4. The van der Waals surface area contributed by atoms with Gasteiger partial charge in [0.25, 0.3) is 5.69 Å². The van der Waals surface area contributed by atoms with Gasteiger partial charge in [-0.3, -0.25) is 10.1 Å². The number of halogens is 1. The van der Waals surface area contributed by atoms with E-state index < -0.39 is 26.7 Å². The second-order valence-corrected chi connectivity index (χ2v) is 6.12. The molecule has 0 bridgehead atoms. The second-order valence-electron chi connectivity index (χ2n) is 4.00. The Labute approximate surface area is 122 Å². The molecule has 0 aliphatic rings. The molecule has 0 aromatic heterocycles. The van der Waals surface area contributed by atoms with Gasteiger partial charge in [0.2, 0.25) is 10.0 Å². The summed E-state index contributed by atoms with van der Waals surface area (Å²) in [6.07, 6.45) is 6.42. The van der Waals surface area contributed by atoms with E-state index in [0.29, 0.717) is 12.8 Å². The number of hydrogen-bond donors (Lipinski definition) is 1. The molecule has 0 saturated heterocycles. The first-order valence-corrected chi connectivity index (χ1v) is 7.60. The van der Waals surface area contributed by atoms with Gasteiger partial charge in [-0.15, -0.1) is 6.42 Å². The molecule has 0 radical (unpaired) electrons. The SMILES string of the molecule is C#CC(CCC)NS(=O)(=O)c1ccc(Cl)c([N+](=O)[O-])c1. The van der Waals surface area contributed by atoms with Crippen LogP contribution in [0.25, 0.3) is 0 Å². The fraction of sp³-hybridized carbons (Fsp3) is 0.333. The zero-order valence-electron chi connectivity index (χ0n) is 10.7. The van der Waals surface area contributed by atoms with Gasteiger partial charge in [-0.25, -0.2) is 8.42 Å². The van der Waals surface area contributed by atoms with Crippen molar-refractivity contribution in [2.75, 3.05) is 0 Å². The molecule has 0 fully saturated rings. The minimum absolute atomic E-state index is 0.129. The summed E-state index contributed by atoms with van der Waals surface area (Å²) in [5.41, 5.74) is -0.470. The maximum atomic E-state index is 12.1. The molecule has 1 unspecified atom stereocenters. The Morgan fingerprint density at radius 2 is 2.20 bits per heavy atom. The van der Waals surface area contributed by atoms with Crippen molar-refractivity contribution in [3.63, 3.8) is 0 Å². The van der Waals surface area contributed by atoms with E-state index in [2.05, 4.69) is 10.6 Å². The standard InChI is InChI=1S/C12H13ClN2O4S/c1-3-5-9(4-2)14-20(18,19)10-6-7-11(13)12(8-10)15(16)17/h2,6-9,14H,3,5H2,1H3. The monoisotopic (exact) mass is 316 g/mol. The van der Waals surface area contributed by atoms with Crippen LogP contribution in [0.15, 0.2) is 23.1 Å². The summed E-state index contributed by atoms with van der Waals surface area (Å²) in [6.45, 7) is 1.87. The molecule has 0 heterocycles. The maximum absolute atomic E-state index is 12.1. The first-order chi connectivity index (χ1) is 9.31. The fourth-order valence-electron chi connectivity index (χ4n) is 1.52. The molecule has 108 valence electrons. The third-order valence-corrected chi connectivity index (χ3v) is 4.29. The summed E-state index contributed by atoms with van der Waals surface area (Å²) < 4.78 is 26.5. The Bertz CT molecular complexity index is 652. The van der Waals surface area contributed by atoms with Gasteiger partial charge < -0.3 is 0 Å². The van der Waals surface area contributed by atoms with Gasteiger partial charge in [0.05, 0.1) is 15.9 Å². The predicted molar refractivity (Wildman–Crippen MR) is 76.0 cm³/mol. The van der Waals surface area contributed by atoms with Gasteiger partial charge in [-0.1, -0.05) is 30.9 Å². The van der Waals surface area contributed by atoms with E-state index in [1.165, 1.54) is 12.1 Å². The van der Waals surface area contributed by atoms with Gasteiger partial charge in [0.1, 0.15) is 5.02 Å². The quantitative estimate of drug-likeness (QED) is 0.495. The van der Waals surface area contributed by atoms with Gasteiger partial charge in [-0.2, -0.15) is 4.72 Å². The third kappa shape index (κ3) is 3.93. The molecule has 0 aliphatic heterocycles. The molecular weight excluding hydrogens is 304 g/mol. The third-order valence-electron chi connectivity index (χ3n) is 2.50. The van der Waals surface area contributed by atoms with Crippen LogP contribution in [0.3, 0.4) is 0 Å². The first kappa shape index (κ1) is 16.4. The number of nitro groups is 1. The van der Waals surface area contributed by atoms with Gasteiger partial charge >= 0.3 is 0 Å². The number of sulfonamides is 1. The van der Waals surface area contributed by atoms with Crippen molar-refractivity contribution >= 4 is 27.3 Å².